The number of aliphatic hydroxyl groups is 1. The number of nitrogens with zero attached hydrogens (tertiary/aromatic N) is 2. The minimum Gasteiger partial charge on any atom is -0.507 e. The first-order chi connectivity index (χ1) is 20.9. The normalized spacial score (nSPS) is 19.1. The van der Waals surface area contributed by atoms with E-state index in [4.69, 9.17) is 19.2 Å². The van der Waals surface area contributed by atoms with E-state index in [1.165, 1.54) is 16.2 Å². The zero-order valence-corrected chi connectivity index (χ0v) is 25.3. The molecule has 1 saturated heterocycles. The molecule has 2 aliphatic heterocycles. The molecule has 2 atom stereocenters. The van der Waals surface area contributed by atoms with Gasteiger partial charge in [-0.1, -0.05) is 43.2 Å². The maximum absolute atomic E-state index is 13.7. The minimum atomic E-state index is -0.885. The Kier molecular flexibility index (Phi) is 8.08. The van der Waals surface area contributed by atoms with Crippen molar-refractivity contribution < 1.29 is 28.9 Å². The number of thiazole rings is 1. The van der Waals surface area contributed by atoms with Gasteiger partial charge >= 0.3 is 5.91 Å². The van der Waals surface area contributed by atoms with E-state index in [0.717, 1.165) is 35.3 Å². The van der Waals surface area contributed by atoms with Gasteiger partial charge in [-0.25, -0.2) is 4.98 Å². The molecule has 222 valence electrons. The number of rotatable bonds is 10. The third kappa shape index (κ3) is 5.57. The Morgan fingerprint density at radius 2 is 1.81 bits per heavy atom. The number of carbonyl (C=O) groups is 2. The van der Waals surface area contributed by atoms with Crippen LogP contribution in [0.4, 0.5) is 5.13 Å². The molecule has 0 bridgehead atoms. The zero-order chi connectivity index (χ0) is 30.1. The summed E-state index contributed by atoms with van der Waals surface area (Å²) in [4.78, 5) is 33.5. The van der Waals surface area contributed by atoms with Crippen molar-refractivity contribution in [3.8, 4) is 17.2 Å². The van der Waals surface area contributed by atoms with Crippen LogP contribution in [0.3, 0.4) is 0 Å². The molecule has 6 rings (SSSR count). The van der Waals surface area contributed by atoms with Crippen LogP contribution in [0, 0.1) is 0 Å². The molecule has 2 aliphatic rings. The molecule has 0 unspecified atom stereocenters. The summed E-state index contributed by atoms with van der Waals surface area (Å²) in [5.74, 6) is 0.431. The SMILES string of the molecule is CCCCCOc1ccc([C@@H]2/C(=C(\O)c3ccc4c(c3)C[C@H](C)O4)C(=O)C(=O)N2c2nc3ccc(OCC)cc3s2)cc1. The lowest BCUT2D eigenvalue weighted by Gasteiger charge is -2.23. The molecule has 1 N–H and O–H groups in total. The van der Waals surface area contributed by atoms with Gasteiger partial charge in [-0.15, -0.1) is 0 Å². The van der Waals surface area contributed by atoms with Crippen LogP contribution in [0.5, 0.6) is 17.2 Å². The van der Waals surface area contributed by atoms with Crippen LogP contribution in [0.15, 0.2) is 66.2 Å². The van der Waals surface area contributed by atoms with Gasteiger partial charge in [0.05, 0.1) is 35.0 Å². The van der Waals surface area contributed by atoms with E-state index in [0.29, 0.717) is 52.9 Å². The molecule has 0 radical (unpaired) electrons. The van der Waals surface area contributed by atoms with Crippen LogP contribution < -0.4 is 19.1 Å². The Morgan fingerprint density at radius 1 is 1.02 bits per heavy atom. The third-order valence-electron chi connectivity index (χ3n) is 7.69. The highest BCUT2D eigenvalue weighted by atomic mass is 32.1. The van der Waals surface area contributed by atoms with Gasteiger partial charge < -0.3 is 19.3 Å². The Bertz CT molecular complexity index is 1710. The Morgan fingerprint density at radius 3 is 2.58 bits per heavy atom. The van der Waals surface area contributed by atoms with Gasteiger partial charge in [0.1, 0.15) is 29.1 Å². The molecule has 4 aromatic rings. The average molecular weight is 599 g/mol. The fourth-order valence-electron chi connectivity index (χ4n) is 5.61. The number of fused-ring (bicyclic) bond motifs is 2. The summed E-state index contributed by atoms with van der Waals surface area (Å²) in [6.45, 7) is 7.18. The maximum Gasteiger partial charge on any atom is 0.301 e. The van der Waals surface area contributed by atoms with E-state index in [-0.39, 0.29) is 17.4 Å². The number of ketones is 1. The molecule has 3 aromatic carbocycles. The van der Waals surface area contributed by atoms with Crippen molar-refractivity contribution in [2.24, 2.45) is 0 Å². The van der Waals surface area contributed by atoms with Gasteiger partial charge in [-0.2, -0.15) is 0 Å². The van der Waals surface area contributed by atoms with Crippen LogP contribution in [0.1, 0.15) is 62.8 Å². The molecule has 1 aromatic heterocycles. The third-order valence-corrected chi connectivity index (χ3v) is 8.71. The lowest BCUT2D eigenvalue weighted by Crippen LogP contribution is -2.29. The predicted octanol–water partition coefficient (Wildman–Crippen LogP) is 7.21. The van der Waals surface area contributed by atoms with E-state index < -0.39 is 17.7 Å². The topological polar surface area (TPSA) is 98.2 Å². The van der Waals surface area contributed by atoms with Crippen molar-refractivity contribution in [1.82, 2.24) is 4.98 Å². The Labute approximate surface area is 254 Å². The van der Waals surface area contributed by atoms with Crippen molar-refractivity contribution in [2.45, 2.75) is 58.6 Å². The number of aromatic nitrogens is 1. The number of hydrogen-bond donors (Lipinski definition) is 1. The molecule has 3 heterocycles. The van der Waals surface area contributed by atoms with Crippen molar-refractivity contribution in [3.05, 3.63) is 82.9 Å². The molecule has 9 heteroatoms. The molecule has 0 spiro atoms. The number of benzene rings is 3. The van der Waals surface area contributed by atoms with E-state index in [1.54, 1.807) is 12.1 Å². The summed E-state index contributed by atoms with van der Waals surface area (Å²) in [6, 6.07) is 17.4. The van der Waals surface area contributed by atoms with E-state index in [2.05, 4.69) is 6.92 Å². The second-order valence-corrected chi connectivity index (χ2v) is 11.8. The fraction of sp³-hybridized carbons (Fsp3) is 0.324. The number of hydrogen-bond acceptors (Lipinski definition) is 8. The number of carbonyl (C=O) groups excluding carboxylic acids is 2. The van der Waals surface area contributed by atoms with Gasteiger partial charge in [-0.3, -0.25) is 14.5 Å². The highest BCUT2D eigenvalue weighted by molar-refractivity contribution is 7.22. The van der Waals surface area contributed by atoms with Crippen molar-refractivity contribution in [2.75, 3.05) is 18.1 Å². The number of ether oxygens (including phenoxy) is 3. The number of aliphatic hydroxyl groups excluding tert-OH is 1. The smallest absolute Gasteiger partial charge is 0.301 e. The first kappa shape index (κ1) is 28.7. The summed E-state index contributed by atoms with van der Waals surface area (Å²) in [5.41, 5.74) is 2.77. The zero-order valence-electron chi connectivity index (χ0n) is 24.5. The fourth-order valence-corrected chi connectivity index (χ4v) is 6.63. The standard InChI is InChI=1S/C34H34N2O6S/c1-4-6-7-16-41-24-11-8-21(9-12-24)30-29(31(37)22-10-15-27-23(18-22)17-20(3)42-27)32(38)33(39)36(30)34-35-26-14-13-25(40-5-2)19-28(26)43-34/h8-15,18-20,30,37H,4-7,16-17H2,1-3H3/b31-29+/t20-,30+/m0/s1. The van der Waals surface area contributed by atoms with Gasteiger partial charge in [0, 0.05) is 12.0 Å². The lowest BCUT2D eigenvalue weighted by atomic mass is 9.94. The largest absolute Gasteiger partial charge is 0.507 e. The summed E-state index contributed by atoms with van der Waals surface area (Å²) < 4.78 is 18.2. The number of amides is 1. The first-order valence-corrected chi connectivity index (χ1v) is 15.6. The van der Waals surface area contributed by atoms with Crippen molar-refractivity contribution in [1.29, 1.82) is 0 Å². The second kappa shape index (κ2) is 12.1. The van der Waals surface area contributed by atoms with Gasteiger partial charge in [0.25, 0.3) is 5.78 Å². The molecule has 0 saturated carbocycles. The van der Waals surface area contributed by atoms with Crippen molar-refractivity contribution in [3.63, 3.8) is 0 Å². The predicted molar refractivity (Wildman–Crippen MR) is 167 cm³/mol. The first-order valence-electron chi connectivity index (χ1n) is 14.7. The van der Waals surface area contributed by atoms with Gasteiger partial charge in [0.2, 0.25) is 0 Å². The summed E-state index contributed by atoms with van der Waals surface area (Å²) in [5, 5.41) is 12.0. The number of anilines is 1. The maximum atomic E-state index is 13.7. The quantitative estimate of drug-likeness (QED) is 0.0891. The van der Waals surface area contributed by atoms with Crippen LogP contribution in [0.2, 0.25) is 0 Å². The summed E-state index contributed by atoms with van der Waals surface area (Å²) in [7, 11) is 0. The highest BCUT2D eigenvalue weighted by Crippen LogP contribution is 2.45. The van der Waals surface area contributed by atoms with E-state index >= 15 is 0 Å². The monoisotopic (exact) mass is 598 g/mol. The number of unbranched alkanes of at least 4 members (excludes halogenated alkanes) is 2. The van der Waals surface area contributed by atoms with Crippen LogP contribution in [-0.2, 0) is 16.0 Å². The van der Waals surface area contributed by atoms with Gasteiger partial charge in [-0.05, 0) is 79.9 Å². The second-order valence-electron chi connectivity index (χ2n) is 10.8. The Balaban J connectivity index is 1.43. The van der Waals surface area contributed by atoms with Crippen LogP contribution in [0.25, 0.3) is 16.0 Å². The van der Waals surface area contributed by atoms with Gasteiger partial charge in [0.15, 0.2) is 5.13 Å². The Hall–Kier alpha value is -4.37. The molecule has 1 fully saturated rings. The lowest BCUT2D eigenvalue weighted by molar-refractivity contribution is -0.132. The van der Waals surface area contributed by atoms with Crippen LogP contribution >= 0.6 is 11.3 Å². The molecule has 8 nitrogen and oxygen atoms in total. The molecule has 43 heavy (non-hydrogen) atoms. The minimum absolute atomic E-state index is 0.0165. The summed E-state index contributed by atoms with van der Waals surface area (Å²) in [6.07, 6.45) is 3.89. The number of Topliss-reactive ketones (excluding diaryl/α,β-unsaturated/α-hetero) is 1. The molecular weight excluding hydrogens is 564 g/mol. The van der Waals surface area contributed by atoms with Crippen LogP contribution in [-0.4, -0.2) is 41.1 Å². The van der Waals surface area contributed by atoms with E-state index in [9.17, 15) is 14.7 Å². The van der Waals surface area contributed by atoms with E-state index in [1.807, 2.05) is 62.4 Å². The molecule has 1 amide bonds. The van der Waals surface area contributed by atoms with Crippen molar-refractivity contribution >= 4 is 44.1 Å². The average Bonchev–Trinajstić information content (AvgIpc) is 3.67. The molecule has 0 aliphatic carbocycles. The summed E-state index contributed by atoms with van der Waals surface area (Å²) >= 11 is 1.30. The highest BCUT2D eigenvalue weighted by Gasteiger charge is 2.48. The molecular formula is C34H34N2O6S.